The van der Waals surface area contributed by atoms with E-state index in [2.05, 4.69) is 0 Å². The van der Waals surface area contributed by atoms with Crippen LogP contribution in [0.1, 0.15) is 17.6 Å². The Morgan fingerprint density at radius 1 is 1.67 bits per heavy atom. The zero-order valence-electron chi connectivity index (χ0n) is 6.79. The van der Waals surface area contributed by atoms with E-state index in [0.29, 0.717) is 12.4 Å². The maximum Gasteiger partial charge on any atom is 0.140 e. The molecule has 0 radical (unpaired) electrons. The molecule has 3 nitrogen and oxygen atoms in total. The number of hydrogen-bond donors (Lipinski definition) is 1. The molecule has 0 saturated heterocycles. The molecular weight excluding hydrogens is 163 g/mol. The van der Waals surface area contributed by atoms with Crippen LogP contribution in [0.2, 0.25) is 0 Å². The zero-order chi connectivity index (χ0) is 8.97. The van der Waals surface area contributed by atoms with E-state index in [1.807, 2.05) is 0 Å². The molecule has 12 heavy (non-hydrogen) atoms. The van der Waals surface area contributed by atoms with E-state index in [1.165, 1.54) is 7.11 Å². The molecule has 1 unspecified atom stereocenters. The van der Waals surface area contributed by atoms with Crippen LogP contribution in [0.25, 0.3) is 0 Å². The average molecular weight is 174 g/mol. The van der Waals surface area contributed by atoms with Crippen molar-refractivity contribution < 1.29 is 18.7 Å². The molecular formula is C8H11FO3. The van der Waals surface area contributed by atoms with Crippen molar-refractivity contribution in [2.24, 2.45) is 0 Å². The molecule has 1 N–H and O–H groups in total. The second kappa shape index (κ2) is 4.23. The van der Waals surface area contributed by atoms with E-state index >= 15 is 0 Å². The van der Waals surface area contributed by atoms with Crippen LogP contribution >= 0.6 is 0 Å². The molecule has 1 rings (SSSR count). The highest BCUT2D eigenvalue weighted by molar-refractivity contribution is 5.08. The van der Waals surface area contributed by atoms with Crippen molar-refractivity contribution in [3.63, 3.8) is 0 Å². The quantitative estimate of drug-likeness (QED) is 0.750. The number of furan rings is 1. The first kappa shape index (κ1) is 9.22. The van der Waals surface area contributed by atoms with Gasteiger partial charge in [0.25, 0.3) is 0 Å². The number of methoxy groups -OCH3 is 1. The van der Waals surface area contributed by atoms with Gasteiger partial charge in [0.05, 0.1) is 0 Å². The molecule has 0 bridgehead atoms. The Balaban J connectivity index is 2.63. The van der Waals surface area contributed by atoms with Crippen LogP contribution in [0.3, 0.4) is 0 Å². The van der Waals surface area contributed by atoms with Gasteiger partial charge < -0.3 is 14.3 Å². The summed E-state index contributed by atoms with van der Waals surface area (Å²) in [5.41, 5.74) is 0. The summed E-state index contributed by atoms with van der Waals surface area (Å²) in [5, 5.41) is 9.00. The Morgan fingerprint density at radius 2 is 2.42 bits per heavy atom. The Morgan fingerprint density at radius 3 is 3.00 bits per heavy atom. The fourth-order valence-electron chi connectivity index (χ4n) is 0.869. The van der Waals surface area contributed by atoms with Gasteiger partial charge in [0.2, 0.25) is 0 Å². The minimum Gasteiger partial charge on any atom is -0.461 e. The molecule has 0 aliphatic carbocycles. The van der Waals surface area contributed by atoms with Crippen molar-refractivity contribution in [2.75, 3.05) is 13.8 Å². The summed E-state index contributed by atoms with van der Waals surface area (Å²) in [6.07, 6.45) is -1.16. The second-order valence-electron chi connectivity index (χ2n) is 2.41. The summed E-state index contributed by atoms with van der Waals surface area (Å²) in [4.78, 5) is 0. The number of aliphatic hydroxyl groups excluding tert-OH is 1. The summed E-state index contributed by atoms with van der Waals surface area (Å²) < 4.78 is 21.8. The zero-order valence-corrected chi connectivity index (χ0v) is 6.79. The van der Waals surface area contributed by atoms with Gasteiger partial charge in [-0.2, -0.15) is 0 Å². The monoisotopic (exact) mass is 174 g/mol. The average Bonchev–Trinajstić information content (AvgIpc) is 2.52. The SMILES string of the molecule is COCc1ccc(C(O)CF)o1. The number of ether oxygens (including phenoxy) is 1. The van der Waals surface area contributed by atoms with Crippen LogP contribution in [0, 0.1) is 0 Å². The predicted molar refractivity (Wildman–Crippen MR) is 40.4 cm³/mol. The Labute approximate surface area is 69.8 Å². The normalized spacial score (nSPS) is 13.2. The summed E-state index contributed by atoms with van der Waals surface area (Å²) in [5.74, 6) is 0.824. The van der Waals surface area contributed by atoms with E-state index in [-0.39, 0.29) is 5.76 Å². The Hall–Kier alpha value is -0.870. The lowest BCUT2D eigenvalue weighted by atomic mass is 10.3. The number of aliphatic hydroxyl groups is 1. The molecule has 0 fully saturated rings. The number of halogens is 1. The van der Waals surface area contributed by atoms with Gasteiger partial charge in [-0.3, -0.25) is 0 Å². The first-order valence-electron chi connectivity index (χ1n) is 3.59. The number of hydrogen-bond acceptors (Lipinski definition) is 3. The largest absolute Gasteiger partial charge is 0.461 e. The van der Waals surface area contributed by atoms with Gasteiger partial charge in [0.15, 0.2) is 0 Å². The van der Waals surface area contributed by atoms with Gasteiger partial charge in [0.1, 0.15) is 30.9 Å². The summed E-state index contributed by atoms with van der Waals surface area (Å²) in [6.45, 7) is -0.501. The van der Waals surface area contributed by atoms with Crippen molar-refractivity contribution in [3.05, 3.63) is 23.7 Å². The van der Waals surface area contributed by atoms with E-state index in [4.69, 9.17) is 14.3 Å². The second-order valence-corrected chi connectivity index (χ2v) is 2.41. The molecule has 4 heteroatoms. The highest BCUT2D eigenvalue weighted by atomic mass is 19.1. The van der Waals surface area contributed by atoms with Gasteiger partial charge in [-0.25, -0.2) is 4.39 Å². The Bertz CT molecular complexity index is 234. The highest BCUT2D eigenvalue weighted by Gasteiger charge is 2.11. The maximum atomic E-state index is 11.9. The summed E-state index contributed by atoms with van der Waals surface area (Å²) in [6, 6.07) is 3.19. The lowest BCUT2D eigenvalue weighted by Crippen LogP contribution is -1.96. The standard InChI is InChI=1S/C8H11FO3/c1-11-5-6-2-3-8(12-6)7(10)4-9/h2-3,7,10H,4-5H2,1H3. The topological polar surface area (TPSA) is 42.6 Å². The van der Waals surface area contributed by atoms with E-state index < -0.39 is 12.8 Å². The first-order valence-corrected chi connectivity index (χ1v) is 3.59. The van der Waals surface area contributed by atoms with Crippen molar-refractivity contribution in [1.29, 1.82) is 0 Å². The molecule has 1 heterocycles. The van der Waals surface area contributed by atoms with Crippen LogP contribution in [-0.4, -0.2) is 18.9 Å². The predicted octanol–water partition coefficient (Wildman–Crippen LogP) is 1.43. The van der Waals surface area contributed by atoms with Gasteiger partial charge in [-0.1, -0.05) is 0 Å². The van der Waals surface area contributed by atoms with Gasteiger partial charge >= 0.3 is 0 Å². The van der Waals surface area contributed by atoms with Crippen LogP contribution < -0.4 is 0 Å². The smallest absolute Gasteiger partial charge is 0.140 e. The first-order chi connectivity index (χ1) is 5.77. The minimum absolute atomic E-state index is 0.240. The van der Waals surface area contributed by atoms with E-state index in [9.17, 15) is 4.39 Å². The molecule has 0 saturated carbocycles. The fraction of sp³-hybridized carbons (Fsp3) is 0.500. The van der Waals surface area contributed by atoms with Crippen molar-refractivity contribution in [1.82, 2.24) is 0 Å². The number of rotatable bonds is 4. The fourth-order valence-corrected chi connectivity index (χ4v) is 0.869. The molecule has 0 spiro atoms. The highest BCUT2D eigenvalue weighted by Crippen LogP contribution is 2.17. The van der Waals surface area contributed by atoms with Crippen LogP contribution in [0.4, 0.5) is 4.39 Å². The van der Waals surface area contributed by atoms with Crippen molar-refractivity contribution in [2.45, 2.75) is 12.7 Å². The van der Waals surface area contributed by atoms with Crippen molar-refractivity contribution >= 4 is 0 Å². The third-order valence-corrected chi connectivity index (χ3v) is 1.44. The lowest BCUT2D eigenvalue weighted by Gasteiger charge is -2.00. The molecule has 1 aromatic heterocycles. The molecule has 0 aliphatic rings. The molecule has 0 amide bonds. The van der Waals surface area contributed by atoms with Gasteiger partial charge in [-0.15, -0.1) is 0 Å². The molecule has 1 aromatic rings. The molecule has 68 valence electrons. The molecule has 1 atom stereocenters. The number of alkyl halides is 1. The van der Waals surface area contributed by atoms with Gasteiger partial charge in [-0.05, 0) is 12.1 Å². The third-order valence-electron chi connectivity index (χ3n) is 1.44. The van der Waals surface area contributed by atoms with Crippen molar-refractivity contribution in [3.8, 4) is 0 Å². The third kappa shape index (κ3) is 2.06. The van der Waals surface area contributed by atoms with E-state index in [0.717, 1.165) is 0 Å². The van der Waals surface area contributed by atoms with Crippen LogP contribution in [-0.2, 0) is 11.3 Å². The van der Waals surface area contributed by atoms with Crippen LogP contribution in [0.5, 0.6) is 0 Å². The Kier molecular flexibility index (Phi) is 3.25. The van der Waals surface area contributed by atoms with Crippen LogP contribution in [0.15, 0.2) is 16.5 Å². The van der Waals surface area contributed by atoms with Gasteiger partial charge in [0, 0.05) is 7.11 Å². The summed E-state index contributed by atoms with van der Waals surface area (Å²) in [7, 11) is 1.54. The molecule has 0 aromatic carbocycles. The van der Waals surface area contributed by atoms with E-state index in [1.54, 1.807) is 12.1 Å². The molecule has 0 aliphatic heterocycles. The minimum atomic E-state index is -1.16. The maximum absolute atomic E-state index is 11.9. The summed E-state index contributed by atoms with van der Waals surface area (Å²) >= 11 is 0. The lowest BCUT2D eigenvalue weighted by molar-refractivity contribution is 0.108.